The molecule has 2 fully saturated rings. The molecular weight excluding hydrogens is 394 g/mol. The molecule has 3 aromatic heterocycles. The lowest BCUT2D eigenvalue weighted by Crippen LogP contribution is -2.47. The van der Waals surface area contributed by atoms with Crippen LogP contribution < -0.4 is 9.80 Å². The van der Waals surface area contributed by atoms with E-state index in [9.17, 15) is 0 Å². The first-order chi connectivity index (χ1) is 15.2. The number of aromatic nitrogens is 5. The number of hydrogen-bond acceptors (Lipinski definition) is 9. The Bertz CT molecular complexity index is 1100. The Kier molecular flexibility index (Phi) is 4.45. The molecule has 0 amide bonds. The van der Waals surface area contributed by atoms with Crippen LogP contribution in [0, 0.1) is 6.92 Å². The third kappa shape index (κ3) is 3.36. The van der Waals surface area contributed by atoms with E-state index in [1.165, 1.54) is 5.56 Å². The van der Waals surface area contributed by atoms with E-state index in [4.69, 9.17) is 4.74 Å². The van der Waals surface area contributed by atoms with Gasteiger partial charge in [0.1, 0.15) is 11.8 Å². The van der Waals surface area contributed by atoms with Gasteiger partial charge in [-0.1, -0.05) is 0 Å². The first-order valence-corrected chi connectivity index (χ1v) is 10.7. The predicted molar refractivity (Wildman–Crippen MR) is 117 cm³/mol. The lowest BCUT2D eigenvalue weighted by atomic mass is 10.0. The van der Waals surface area contributed by atoms with Gasteiger partial charge in [-0.2, -0.15) is 10.2 Å². The van der Waals surface area contributed by atoms with E-state index in [1.807, 2.05) is 30.0 Å². The molecular formula is C21H25N9O. The second-order valence-corrected chi connectivity index (χ2v) is 8.41. The van der Waals surface area contributed by atoms with Crippen molar-refractivity contribution in [3.8, 4) is 0 Å². The maximum atomic E-state index is 5.31. The molecule has 10 heteroatoms. The maximum absolute atomic E-state index is 5.31. The van der Waals surface area contributed by atoms with Crippen LogP contribution in [0.4, 0.5) is 11.8 Å². The van der Waals surface area contributed by atoms with Gasteiger partial charge in [0.2, 0.25) is 5.95 Å². The zero-order valence-corrected chi connectivity index (χ0v) is 17.5. The van der Waals surface area contributed by atoms with Crippen LogP contribution in [0.1, 0.15) is 17.0 Å². The van der Waals surface area contributed by atoms with Crippen molar-refractivity contribution in [1.29, 1.82) is 0 Å². The van der Waals surface area contributed by atoms with Gasteiger partial charge < -0.3 is 14.5 Å². The van der Waals surface area contributed by atoms with Crippen LogP contribution in [0.3, 0.4) is 0 Å². The van der Waals surface area contributed by atoms with Crippen molar-refractivity contribution in [2.24, 2.45) is 5.10 Å². The smallest absolute Gasteiger partial charge is 0.225 e. The molecule has 6 heterocycles. The highest BCUT2D eigenvalue weighted by molar-refractivity contribution is 5.75. The van der Waals surface area contributed by atoms with Gasteiger partial charge >= 0.3 is 0 Å². The third-order valence-electron chi connectivity index (χ3n) is 6.28. The molecule has 0 aromatic carbocycles. The largest absolute Gasteiger partial charge is 0.377 e. The van der Waals surface area contributed by atoms with E-state index in [1.54, 1.807) is 6.33 Å². The molecule has 0 saturated carbocycles. The zero-order chi connectivity index (χ0) is 20.8. The SMILES string of the molecule is Cc1cnc(N2CCN(c3ncnn4cc(C5C=NN(C6COC6)C5)cc34)CC2)nc1. The molecule has 0 spiro atoms. The van der Waals surface area contributed by atoms with E-state index in [-0.39, 0.29) is 5.92 Å². The summed E-state index contributed by atoms with van der Waals surface area (Å²) in [5.74, 6) is 2.04. The van der Waals surface area contributed by atoms with Crippen molar-refractivity contribution in [3.05, 3.63) is 42.1 Å². The molecule has 0 bridgehead atoms. The fraction of sp³-hybridized carbons (Fsp3) is 0.476. The van der Waals surface area contributed by atoms with Crippen LogP contribution in [0.2, 0.25) is 0 Å². The molecule has 31 heavy (non-hydrogen) atoms. The topological polar surface area (TPSA) is 87.3 Å². The van der Waals surface area contributed by atoms with Gasteiger partial charge in [-0.25, -0.2) is 19.5 Å². The minimum atomic E-state index is 0.269. The molecule has 3 aliphatic rings. The molecule has 3 aliphatic heterocycles. The van der Waals surface area contributed by atoms with E-state index in [2.05, 4.69) is 52.2 Å². The highest BCUT2D eigenvalue weighted by Gasteiger charge is 2.31. The van der Waals surface area contributed by atoms with Crippen LogP contribution in [0.25, 0.3) is 5.52 Å². The van der Waals surface area contributed by atoms with Crippen LogP contribution in [-0.4, -0.2) is 87.8 Å². The fourth-order valence-electron chi connectivity index (χ4n) is 4.34. The molecule has 10 nitrogen and oxygen atoms in total. The number of hydrogen-bond donors (Lipinski definition) is 0. The summed E-state index contributed by atoms with van der Waals surface area (Å²) in [7, 11) is 0. The summed E-state index contributed by atoms with van der Waals surface area (Å²) in [4.78, 5) is 18.1. The number of anilines is 2. The second-order valence-electron chi connectivity index (χ2n) is 8.41. The number of rotatable bonds is 4. The Balaban J connectivity index is 1.19. The predicted octanol–water partition coefficient (Wildman–Crippen LogP) is 0.938. The van der Waals surface area contributed by atoms with E-state index >= 15 is 0 Å². The normalized spacial score (nSPS) is 21.8. The first-order valence-electron chi connectivity index (χ1n) is 10.7. The number of aryl methyl sites for hydroxylation is 1. The molecule has 0 radical (unpaired) electrons. The summed E-state index contributed by atoms with van der Waals surface area (Å²) < 4.78 is 7.25. The number of hydrazone groups is 1. The maximum Gasteiger partial charge on any atom is 0.225 e. The molecule has 1 unspecified atom stereocenters. The standard InChI is InChI=1S/C21H25N9O/c1-15-7-22-21(23-8-15)28-4-2-27(3-5-28)20-19-6-16(10-30(19)26-14-24-20)17-9-25-29(11-17)18-12-31-13-18/h6-10,14,17-18H,2-5,11-13H2,1H3. The second kappa shape index (κ2) is 7.45. The van der Waals surface area contributed by atoms with Crippen LogP contribution >= 0.6 is 0 Å². The van der Waals surface area contributed by atoms with E-state index in [0.29, 0.717) is 6.04 Å². The monoisotopic (exact) mass is 419 g/mol. The van der Waals surface area contributed by atoms with E-state index < -0.39 is 0 Å². The van der Waals surface area contributed by atoms with Crippen LogP contribution in [0.5, 0.6) is 0 Å². The number of piperazine rings is 1. The third-order valence-corrected chi connectivity index (χ3v) is 6.28. The van der Waals surface area contributed by atoms with Gasteiger partial charge in [-0.3, -0.25) is 5.01 Å². The van der Waals surface area contributed by atoms with Crippen molar-refractivity contribution in [2.75, 3.05) is 55.7 Å². The highest BCUT2D eigenvalue weighted by atomic mass is 16.5. The van der Waals surface area contributed by atoms with Crippen molar-refractivity contribution in [2.45, 2.75) is 18.9 Å². The molecule has 2 saturated heterocycles. The Morgan fingerprint density at radius 1 is 1.00 bits per heavy atom. The summed E-state index contributed by atoms with van der Waals surface area (Å²) in [6.07, 6.45) is 9.53. The molecule has 0 aliphatic carbocycles. The van der Waals surface area contributed by atoms with Crippen molar-refractivity contribution < 1.29 is 4.74 Å². The summed E-state index contributed by atoms with van der Waals surface area (Å²) >= 11 is 0. The van der Waals surface area contributed by atoms with Gasteiger partial charge in [0.05, 0.1) is 19.3 Å². The Labute approximate surface area is 180 Å². The van der Waals surface area contributed by atoms with Crippen LogP contribution in [-0.2, 0) is 4.74 Å². The average molecular weight is 419 g/mol. The van der Waals surface area contributed by atoms with Crippen molar-refractivity contribution in [3.63, 3.8) is 0 Å². The van der Waals surface area contributed by atoms with E-state index in [0.717, 1.165) is 68.8 Å². The Morgan fingerprint density at radius 3 is 2.52 bits per heavy atom. The minimum absolute atomic E-state index is 0.269. The summed E-state index contributed by atoms with van der Waals surface area (Å²) in [6.45, 7) is 7.90. The number of fused-ring (bicyclic) bond motifs is 1. The molecule has 6 rings (SSSR count). The van der Waals surface area contributed by atoms with Gasteiger partial charge in [0, 0.05) is 63.4 Å². The molecule has 0 N–H and O–H groups in total. The van der Waals surface area contributed by atoms with Crippen molar-refractivity contribution >= 4 is 23.5 Å². The van der Waals surface area contributed by atoms with Gasteiger partial charge in [0.25, 0.3) is 0 Å². The lowest BCUT2D eigenvalue weighted by Gasteiger charge is -2.35. The quantitative estimate of drug-likeness (QED) is 0.618. The molecule has 160 valence electrons. The summed E-state index contributed by atoms with van der Waals surface area (Å²) in [5, 5.41) is 11.2. The Morgan fingerprint density at radius 2 is 1.77 bits per heavy atom. The fourth-order valence-corrected chi connectivity index (χ4v) is 4.34. The minimum Gasteiger partial charge on any atom is -0.377 e. The zero-order valence-electron chi connectivity index (χ0n) is 17.5. The van der Waals surface area contributed by atoms with Gasteiger partial charge in [-0.15, -0.1) is 0 Å². The highest BCUT2D eigenvalue weighted by Crippen LogP contribution is 2.29. The number of nitrogens with zero attached hydrogens (tertiary/aromatic N) is 9. The van der Waals surface area contributed by atoms with Crippen molar-refractivity contribution in [1.82, 2.24) is 29.6 Å². The first kappa shape index (κ1) is 18.5. The molecule has 1 atom stereocenters. The average Bonchev–Trinajstić information content (AvgIpc) is 3.40. The van der Waals surface area contributed by atoms with Gasteiger partial charge in [-0.05, 0) is 24.1 Å². The summed E-state index contributed by atoms with van der Waals surface area (Å²) in [5.41, 5.74) is 3.34. The Hall–Kier alpha value is -3.27. The van der Waals surface area contributed by atoms with Crippen LogP contribution in [0.15, 0.2) is 36.1 Å². The van der Waals surface area contributed by atoms with Gasteiger partial charge in [0.15, 0.2) is 5.82 Å². The molecule has 3 aromatic rings. The lowest BCUT2D eigenvalue weighted by molar-refractivity contribution is -0.0612. The number of ether oxygens (including phenoxy) is 1. The summed E-state index contributed by atoms with van der Waals surface area (Å²) in [6, 6.07) is 2.63.